The zero-order chi connectivity index (χ0) is 14.9. The van der Waals surface area contributed by atoms with Gasteiger partial charge in [-0.05, 0) is 29.8 Å². The third-order valence-corrected chi connectivity index (χ3v) is 4.32. The largest absolute Gasteiger partial charge is 0.255 e. The molecule has 0 aliphatic rings. The second-order valence-electron chi connectivity index (χ2n) is 4.77. The smallest absolute Gasteiger partial charge is 0.127 e. The fourth-order valence-electron chi connectivity index (χ4n) is 2.41. The third kappa shape index (κ3) is 2.16. The Labute approximate surface area is 130 Å². The molecule has 0 atom stereocenters. The summed E-state index contributed by atoms with van der Waals surface area (Å²) in [5.74, 6) is -0.246. The van der Waals surface area contributed by atoms with Gasteiger partial charge in [-0.3, -0.25) is 4.98 Å². The van der Waals surface area contributed by atoms with E-state index in [1.807, 2.05) is 23.6 Å². The van der Waals surface area contributed by atoms with Crippen molar-refractivity contribution in [3.63, 3.8) is 0 Å². The minimum atomic E-state index is -0.246. The van der Waals surface area contributed by atoms with Gasteiger partial charge in [-0.2, -0.15) is 0 Å². The Morgan fingerprint density at radius 3 is 2.55 bits per heavy atom. The second kappa shape index (κ2) is 5.27. The maximum atomic E-state index is 13.2. The van der Waals surface area contributed by atoms with E-state index in [0.717, 1.165) is 32.7 Å². The van der Waals surface area contributed by atoms with E-state index in [1.165, 1.54) is 12.1 Å². The zero-order valence-electron chi connectivity index (χ0n) is 11.4. The van der Waals surface area contributed by atoms with Crippen molar-refractivity contribution in [1.82, 2.24) is 15.0 Å². The minimum absolute atomic E-state index is 0.246. The molecule has 0 spiro atoms. The van der Waals surface area contributed by atoms with Crippen LogP contribution in [-0.2, 0) is 0 Å². The Hall–Kier alpha value is -2.66. The van der Waals surface area contributed by atoms with E-state index in [0.29, 0.717) is 0 Å². The summed E-state index contributed by atoms with van der Waals surface area (Å²) in [6, 6.07) is 12.2. The van der Waals surface area contributed by atoms with Gasteiger partial charge in [0.1, 0.15) is 22.7 Å². The van der Waals surface area contributed by atoms with Crippen LogP contribution in [0.4, 0.5) is 4.39 Å². The van der Waals surface area contributed by atoms with E-state index < -0.39 is 0 Å². The highest BCUT2D eigenvalue weighted by Crippen LogP contribution is 2.37. The number of hydrogen-bond donors (Lipinski definition) is 0. The third-order valence-electron chi connectivity index (χ3n) is 3.43. The zero-order valence-corrected chi connectivity index (χ0v) is 12.2. The van der Waals surface area contributed by atoms with Crippen LogP contribution >= 0.6 is 11.3 Å². The first-order chi connectivity index (χ1) is 10.8. The van der Waals surface area contributed by atoms with Crippen molar-refractivity contribution in [3.05, 3.63) is 66.2 Å². The van der Waals surface area contributed by atoms with E-state index in [1.54, 1.807) is 36.0 Å². The molecule has 1 aromatic carbocycles. The summed E-state index contributed by atoms with van der Waals surface area (Å²) in [4.78, 5) is 14.0. The number of pyridine rings is 1. The highest BCUT2D eigenvalue weighted by molar-refractivity contribution is 7.17. The minimum Gasteiger partial charge on any atom is -0.255 e. The first-order valence-electron chi connectivity index (χ1n) is 6.72. The van der Waals surface area contributed by atoms with Crippen LogP contribution in [0.3, 0.4) is 0 Å². The van der Waals surface area contributed by atoms with Gasteiger partial charge < -0.3 is 0 Å². The van der Waals surface area contributed by atoms with Gasteiger partial charge in [-0.25, -0.2) is 14.4 Å². The molecule has 0 fully saturated rings. The normalized spacial score (nSPS) is 11.0. The summed E-state index contributed by atoms with van der Waals surface area (Å²) in [5, 5.41) is 2.98. The lowest BCUT2D eigenvalue weighted by Crippen LogP contribution is -1.90. The first kappa shape index (κ1) is 13.0. The van der Waals surface area contributed by atoms with Crippen molar-refractivity contribution in [3.8, 4) is 22.5 Å². The average molecular weight is 307 g/mol. The lowest BCUT2D eigenvalue weighted by molar-refractivity contribution is 0.628. The van der Waals surface area contributed by atoms with E-state index in [4.69, 9.17) is 0 Å². The molecular formula is C17H10FN3S. The number of halogens is 1. The molecule has 0 bridgehead atoms. The molecular weight excluding hydrogens is 297 g/mol. The van der Waals surface area contributed by atoms with Gasteiger partial charge in [0.2, 0.25) is 0 Å². The highest BCUT2D eigenvalue weighted by atomic mass is 32.1. The van der Waals surface area contributed by atoms with Gasteiger partial charge in [0, 0.05) is 22.5 Å². The van der Waals surface area contributed by atoms with Gasteiger partial charge in [0.25, 0.3) is 0 Å². The van der Waals surface area contributed by atoms with Crippen LogP contribution in [0.15, 0.2) is 60.4 Å². The maximum absolute atomic E-state index is 13.2. The van der Waals surface area contributed by atoms with E-state index >= 15 is 0 Å². The van der Waals surface area contributed by atoms with Crippen LogP contribution in [0, 0.1) is 5.82 Å². The fourth-order valence-corrected chi connectivity index (χ4v) is 3.33. The summed E-state index contributed by atoms with van der Waals surface area (Å²) in [6.07, 6.45) is 3.30. The Kier molecular flexibility index (Phi) is 3.12. The van der Waals surface area contributed by atoms with E-state index in [2.05, 4.69) is 15.0 Å². The molecule has 0 aliphatic heterocycles. The SMILES string of the molecule is Fc1ccc(-c2csc3ncnc(-c4ccccn4)c23)cc1. The monoisotopic (exact) mass is 307 g/mol. The Morgan fingerprint density at radius 2 is 1.77 bits per heavy atom. The first-order valence-corrected chi connectivity index (χ1v) is 7.60. The molecule has 106 valence electrons. The molecule has 3 nitrogen and oxygen atoms in total. The number of fused-ring (bicyclic) bond motifs is 1. The van der Waals surface area contributed by atoms with Crippen LogP contribution in [0.1, 0.15) is 0 Å². The van der Waals surface area contributed by atoms with Crippen molar-refractivity contribution < 1.29 is 4.39 Å². The maximum Gasteiger partial charge on any atom is 0.127 e. The van der Waals surface area contributed by atoms with Crippen molar-refractivity contribution >= 4 is 21.6 Å². The summed E-state index contributed by atoms with van der Waals surface area (Å²) in [5.41, 5.74) is 3.55. The number of nitrogens with zero attached hydrogens (tertiary/aromatic N) is 3. The summed E-state index contributed by atoms with van der Waals surface area (Å²) in [7, 11) is 0. The van der Waals surface area contributed by atoms with Crippen molar-refractivity contribution in [2.75, 3.05) is 0 Å². The number of benzene rings is 1. The highest BCUT2D eigenvalue weighted by Gasteiger charge is 2.14. The molecule has 3 aromatic heterocycles. The number of rotatable bonds is 2. The van der Waals surface area contributed by atoms with E-state index in [-0.39, 0.29) is 5.82 Å². The molecule has 0 unspecified atom stereocenters. The molecule has 0 N–H and O–H groups in total. The van der Waals surface area contributed by atoms with E-state index in [9.17, 15) is 4.39 Å². The fraction of sp³-hybridized carbons (Fsp3) is 0. The van der Waals surface area contributed by atoms with Crippen molar-refractivity contribution in [2.24, 2.45) is 0 Å². The molecule has 4 aromatic rings. The second-order valence-corrected chi connectivity index (χ2v) is 5.63. The molecule has 0 saturated heterocycles. The van der Waals surface area contributed by atoms with Crippen LogP contribution < -0.4 is 0 Å². The Morgan fingerprint density at radius 1 is 0.909 bits per heavy atom. The lowest BCUT2D eigenvalue weighted by atomic mass is 10.0. The molecule has 0 amide bonds. The molecule has 0 aliphatic carbocycles. The average Bonchev–Trinajstić information content (AvgIpc) is 3.00. The Balaban J connectivity index is 1.99. The van der Waals surface area contributed by atoms with Crippen LogP contribution in [0.5, 0.6) is 0 Å². The van der Waals surface area contributed by atoms with Crippen LogP contribution in [0.2, 0.25) is 0 Å². The van der Waals surface area contributed by atoms with Gasteiger partial charge >= 0.3 is 0 Å². The van der Waals surface area contributed by atoms with Gasteiger partial charge in [-0.15, -0.1) is 11.3 Å². The quantitative estimate of drug-likeness (QED) is 0.545. The van der Waals surface area contributed by atoms with Gasteiger partial charge in [0.05, 0.1) is 5.69 Å². The molecule has 0 radical (unpaired) electrons. The molecule has 0 saturated carbocycles. The standard InChI is InChI=1S/C17H10FN3S/c18-12-6-4-11(5-7-12)13-9-22-17-15(13)16(20-10-21-17)14-3-1-2-8-19-14/h1-10H. The topological polar surface area (TPSA) is 38.7 Å². The lowest BCUT2D eigenvalue weighted by Gasteiger charge is -2.05. The van der Waals surface area contributed by atoms with Crippen molar-refractivity contribution in [2.45, 2.75) is 0 Å². The predicted octanol–water partition coefficient (Wildman–Crippen LogP) is 4.56. The Bertz CT molecular complexity index is 933. The number of thiophene rings is 1. The summed E-state index contributed by atoms with van der Waals surface area (Å²) >= 11 is 1.55. The van der Waals surface area contributed by atoms with Gasteiger partial charge in [-0.1, -0.05) is 18.2 Å². The predicted molar refractivity (Wildman–Crippen MR) is 86.0 cm³/mol. The van der Waals surface area contributed by atoms with Gasteiger partial charge in [0.15, 0.2) is 0 Å². The number of aromatic nitrogens is 3. The van der Waals surface area contributed by atoms with Crippen LogP contribution in [-0.4, -0.2) is 15.0 Å². The molecule has 3 heterocycles. The molecule has 5 heteroatoms. The molecule has 4 rings (SSSR count). The van der Waals surface area contributed by atoms with Crippen molar-refractivity contribution in [1.29, 1.82) is 0 Å². The molecule has 22 heavy (non-hydrogen) atoms. The summed E-state index contributed by atoms with van der Waals surface area (Å²) in [6.45, 7) is 0. The van der Waals surface area contributed by atoms with Crippen LogP contribution in [0.25, 0.3) is 32.7 Å². The number of hydrogen-bond acceptors (Lipinski definition) is 4. The summed E-state index contributed by atoms with van der Waals surface area (Å²) < 4.78 is 13.2.